The molecule has 1 aliphatic rings. The molecule has 0 amide bonds. The predicted octanol–water partition coefficient (Wildman–Crippen LogP) is 14.4. The van der Waals surface area contributed by atoms with Crippen LogP contribution in [0.4, 0.5) is 0 Å². The van der Waals surface area contributed by atoms with E-state index in [0.29, 0.717) is 93.7 Å². The van der Waals surface area contributed by atoms with E-state index in [9.17, 15) is 14.4 Å². The fourth-order valence-electron chi connectivity index (χ4n) is 8.38. The smallest absolute Gasteiger partial charge is 0.553 e. The molecule has 0 spiro atoms. The molecule has 3 N–H and O–H groups in total. The van der Waals surface area contributed by atoms with E-state index in [1.165, 1.54) is 0 Å². The maximum atomic E-state index is 11.3. The largest absolute Gasteiger partial charge is 1.00 e. The molecule has 0 radical (unpaired) electrons. The van der Waals surface area contributed by atoms with Gasteiger partial charge in [0.05, 0.1) is 55.6 Å². The summed E-state index contributed by atoms with van der Waals surface area (Å²) < 4.78 is 55.7. The van der Waals surface area contributed by atoms with Gasteiger partial charge in [0.2, 0.25) is 17.6 Å². The quantitative estimate of drug-likeness (QED) is 0.0168. The summed E-state index contributed by atoms with van der Waals surface area (Å²) in [5, 5.41) is 15.3. The van der Waals surface area contributed by atoms with Crippen molar-refractivity contribution in [2.45, 2.75) is 98.7 Å². The van der Waals surface area contributed by atoms with Crippen molar-refractivity contribution < 1.29 is 101 Å². The number of ether oxygens (including phenoxy) is 8. The van der Waals surface area contributed by atoms with E-state index in [1.54, 1.807) is 32.0 Å². The van der Waals surface area contributed by atoms with Crippen LogP contribution >= 0.6 is 11.6 Å². The van der Waals surface area contributed by atoms with Gasteiger partial charge in [-0.05, 0) is 182 Å². The summed E-state index contributed by atoms with van der Waals surface area (Å²) in [6.45, 7) is 13.9. The van der Waals surface area contributed by atoms with E-state index in [-0.39, 0.29) is 73.7 Å². The maximum absolute atomic E-state index is 11.3. The molecule has 4 heterocycles. The second kappa shape index (κ2) is 43.3. The topological polar surface area (TPSA) is 246 Å². The standard InChI is InChI=1S/C23H23NO4.C21H19NO4.C18H27BO5.C11H8ClNO.CH4.H2NO.Na/c1-2-26-23(25)12-7-17-27-19-15-13-18(14-16-19)21-10-6-11-22(24-21)28-20-8-4-3-5-9-20;23-21(24)10-5-15-25-17-13-11-16(12-14-17)19-8-4-9-20(22-19)26-18-6-2-1-3-7-18;1-6-21-16(20)8-7-13-22-15-11-9-14(10-12-15)19-23-17(2,3)18(4,5)24-19;12-10-7-4-8-11(13-10)14-9-5-2-1-3-6-9;;1-2;/h3-6,8-11,13-16H,2,7,12,17H2,1H3;1-4,6-9,11-14H,5,10,15H2,(H,23,24);9-12H,6-8,13H2,1-5H3;1-8H;1H4;1-2H;/q;;;;;-1;+1. The van der Waals surface area contributed by atoms with Crippen LogP contribution in [0.2, 0.25) is 5.15 Å². The third kappa shape index (κ3) is 28.6. The first-order valence-corrected chi connectivity index (χ1v) is 31.0. The predicted molar refractivity (Wildman–Crippen MR) is 368 cm³/mol. The maximum Gasteiger partial charge on any atom is 1.00 e. The van der Waals surface area contributed by atoms with E-state index in [0.717, 1.165) is 56.7 Å². The number of para-hydroxylation sites is 3. The monoisotopic (exact) mass is 1340 g/mol. The van der Waals surface area contributed by atoms with Crippen LogP contribution in [0.5, 0.6) is 52.1 Å². The Morgan fingerprint density at radius 1 is 0.448 bits per heavy atom. The second-order valence-corrected chi connectivity index (χ2v) is 21.7. The van der Waals surface area contributed by atoms with Crippen molar-refractivity contribution in [2.24, 2.45) is 0 Å². The van der Waals surface area contributed by atoms with Crippen LogP contribution in [0.25, 0.3) is 28.4 Å². The molecule has 500 valence electrons. The zero-order chi connectivity index (χ0) is 67.4. The van der Waals surface area contributed by atoms with E-state index in [1.807, 2.05) is 228 Å². The molecule has 96 heavy (non-hydrogen) atoms. The Kier molecular flexibility index (Phi) is 35.9. The van der Waals surface area contributed by atoms with E-state index in [2.05, 4.69) is 15.0 Å². The number of rotatable bonds is 26. The average molecular weight is 1340 g/mol. The van der Waals surface area contributed by atoms with Crippen molar-refractivity contribution >= 4 is 42.1 Å². The number of pyridine rings is 3. The molecule has 3 aromatic heterocycles. The molecule has 10 rings (SSSR count). The van der Waals surface area contributed by atoms with Gasteiger partial charge >= 0.3 is 54.6 Å². The van der Waals surface area contributed by atoms with Crippen LogP contribution in [-0.4, -0.2) is 94.5 Å². The minimum Gasteiger partial charge on any atom is -0.553 e. The first-order valence-electron chi connectivity index (χ1n) is 30.6. The van der Waals surface area contributed by atoms with Crippen LogP contribution in [0.3, 0.4) is 0 Å². The molecule has 0 saturated carbocycles. The number of halogens is 1. The van der Waals surface area contributed by atoms with Gasteiger partial charge in [-0.15, -0.1) is 0 Å². The second-order valence-electron chi connectivity index (χ2n) is 21.3. The number of carboxylic acids is 1. The number of aromatic nitrogens is 3. The number of carbonyl (C=O) groups is 3. The number of nitrogens with one attached hydrogen (secondary N) is 1. The summed E-state index contributed by atoms with van der Waals surface area (Å²) in [5.41, 5.74) is 3.81. The summed E-state index contributed by atoms with van der Waals surface area (Å²) in [5.74, 6) is 9.60. The van der Waals surface area contributed by atoms with Crippen LogP contribution < -0.4 is 63.4 Å². The van der Waals surface area contributed by atoms with Gasteiger partial charge in [0.1, 0.15) is 39.7 Å². The number of carboxylic acid groups (broad SMARTS) is 1. The molecular weight excluding hydrogens is 1250 g/mol. The van der Waals surface area contributed by atoms with Gasteiger partial charge in [0.25, 0.3) is 0 Å². The molecular formula is C74H83BClN4NaO15. The Morgan fingerprint density at radius 2 is 0.781 bits per heavy atom. The van der Waals surface area contributed by atoms with Crippen molar-refractivity contribution in [1.29, 1.82) is 0 Å². The minimum absolute atomic E-state index is 0. The Labute approximate surface area is 590 Å². The number of nitrogens with zero attached hydrogens (tertiary/aromatic N) is 3. The van der Waals surface area contributed by atoms with Gasteiger partial charge in [0.15, 0.2) is 0 Å². The molecule has 1 saturated heterocycles. The summed E-state index contributed by atoms with van der Waals surface area (Å²) in [6.07, 6.45) is 2.59. The molecule has 19 nitrogen and oxygen atoms in total. The molecule has 0 unspecified atom stereocenters. The molecule has 0 aliphatic carbocycles. The third-order valence-electron chi connectivity index (χ3n) is 13.7. The first-order chi connectivity index (χ1) is 45.5. The zero-order valence-electron chi connectivity index (χ0n) is 54.6. The Bertz CT molecular complexity index is 3650. The fourth-order valence-corrected chi connectivity index (χ4v) is 8.53. The van der Waals surface area contributed by atoms with Gasteiger partial charge in [-0.1, -0.05) is 104 Å². The van der Waals surface area contributed by atoms with Gasteiger partial charge < -0.3 is 63.4 Å². The summed E-state index contributed by atoms with van der Waals surface area (Å²) in [6, 6.07) is 68.0. The first kappa shape index (κ1) is 79.6. The Morgan fingerprint density at radius 3 is 1.12 bits per heavy atom. The number of hydrogen-bond donors (Lipinski definition) is 2. The van der Waals surface area contributed by atoms with Crippen molar-refractivity contribution in [3.8, 4) is 74.7 Å². The number of hydrogen-bond acceptors (Lipinski definition) is 17. The fraction of sp³-hybridized carbons (Fsp3) is 0.270. The summed E-state index contributed by atoms with van der Waals surface area (Å²) in [7, 11) is -0.368. The SMILES string of the molecule is C.CCOC(=O)CCCOc1ccc(-c2cccc(Oc3ccccc3)n2)cc1.CCOC(=O)CCCOc1ccc(B2OC(C)(C)C(C)(C)O2)cc1.Clc1cccc(Oc2ccccc2)n1.O=C(O)CCCOc1ccc(-c2cccc(Oc3ccccc3)n2)cc1.[NH-]O.[Na+]. The van der Waals surface area contributed by atoms with Crippen molar-refractivity contribution in [2.75, 3.05) is 33.0 Å². The van der Waals surface area contributed by atoms with Crippen LogP contribution in [0.15, 0.2) is 218 Å². The molecule has 6 aromatic carbocycles. The summed E-state index contributed by atoms with van der Waals surface area (Å²) in [4.78, 5) is 46.1. The van der Waals surface area contributed by atoms with Gasteiger partial charge in [0, 0.05) is 48.6 Å². The Hall–Kier alpha value is -8.83. The molecule has 22 heteroatoms. The number of carbonyl (C=O) groups excluding carboxylic acids is 2. The molecule has 1 aliphatic heterocycles. The zero-order valence-corrected chi connectivity index (χ0v) is 57.3. The molecule has 9 aromatic rings. The van der Waals surface area contributed by atoms with Crippen molar-refractivity contribution in [1.82, 2.24) is 15.0 Å². The number of esters is 2. The van der Waals surface area contributed by atoms with E-state index >= 15 is 0 Å². The summed E-state index contributed by atoms with van der Waals surface area (Å²) >= 11 is 5.72. The van der Waals surface area contributed by atoms with Crippen molar-refractivity contribution in [3.05, 3.63) is 229 Å². The molecule has 0 atom stereocenters. The van der Waals surface area contributed by atoms with E-state index in [4.69, 9.17) is 75.0 Å². The molecule has 0 bridgehead atoms. The molecule has 1 fully saturated rings. The van der Waals surface area contributed by atoms with Gasteiger partial charge in [-0.25, -0.2) is 15.0 Å². The van der Waals surface area contributed by atoms with E-state index < -0.39 is 5.97 Å². The van der Waals surface area contributed by atoms with Gasteiger partial charge in [-0.3, -0.25) is 14.4 Å². The van der Waals surface area contributed by atoms with Crippen molar-refractivity contribution in [3.63, 3.8) is 0 Å². The Balaban J connectivity index is 0.000000274. The van der Waals surface area contributed by atoms with Crippen LogP contribution in [0, 0.1) is 0 Å². The average Bonchev–Trinajstić information content (AvgIpc) is 1.67. The third-order valence-corrected chi connectivity index (χ3v) is 14.0. The van der Waals surface area contributed by atoms with Crippen LogP contribution in [0.1, 0.15) is 87.5 Å². The van der Waals surface area contributed by atoms with Crippen LogP contribution in [-0.2, 0) is 33.2 Å². The normalized spacial score (nSPS) is 11.9. The minimum atomic E-state index is -0.812. The number of benzene rings is 6. The van der Waals surface area contributed by atoms with Gasteiger partial charge in [-0.2, -0.15) is 0 Å². The number of aliphatic carboxylic acids is 1.